The van der Waals surface area contributed by atoms with Gasteiger partial charge in [-0.05, 0) is 42.5 Å². The number of anilines is 1. The van der Waals surface area contributed by atoms with Gasteiger partial charge in [-0.1, -0.05) is 29.8 Å². The lowest BCUT2D eigenvalue weighted by atomic mass is 9.79. The van der Waals surface area contributed by atoms with Crippen LogP contribution in [0, 0.1) is 29.6 Å². The Bertz CT molecular complexity index is 777. The Balaban J connectivity index is 1.42. The van der Waals surface area contributed by atoms with E-state index in [1.807, 2.05) is 13.8 Å². The van der Waals surface area contributed by atoms with Crippen molar-refractivity contribution in [1.29, 1.82) is 0 Å². The summed E-state index contributed by atoms with van der Waals surface area (Å²) in [6.45, 7) is 4.32. The number of fused-ring (bicyclic) bond motifs is 1. The predicted molar refractivity (Wildman–Crippen MR) is 101 cm³/mol. The Morgan fingerprint density at radius 2 is 1.96 bits per heavy atom. The summed E-state index contributed by atoms with van der Waals surface area (Å²) in [5.41, 5.74) is 1.04. The maximum Gasteiger partial charge on any atom is 0.338 e. The standard InChI is InChI=1S/C20H22BrNO5/c1-9(2)8-26-19(24)10-3-5-11(6-4-10)22-18(23)14-12-7-13-15(14)20(25)27-17(13)16(12)21/h3-6,9,12-17H,7-8H2,1-2H3,(H,22,23). The van der Waals surface area contributed by atoms with E-state index in [1.54, 1.807) is 24.3 Å². The van der Waals surface area contributed by atoms with Crippen LogP contribution in [-0.4, -0.2) is 35.4 Å². The highest BCUT2D eigenvalue weighted by molar-refractivity contribution is 9.09. The minimum Gasteiger partial charge on any atom is -0.462 e. The third kappa shape index (κ3) is 3.16. The number of ether oxygens (including phenoxy) is 2. The molecule has 1 N–H and O–H groups in total. The Morgan fingerprint density at radius 1 is 1.26 bits per heavy atom. The quantitative estimate of drug-likeness (QED) is 0.567. The lowest BCUT2D eigenvalue weighted by molar-refractivity contribution is -0.145. The minimum atomic E-state index is -0.378. The van der Waals surface area contributed by atoms with Crippen LogP contribution in [0.4, 0.5) is 5.69 Å². The molecule has 2 saturated carbocycles. The fraction of sp³-hybridized carbons (Fsp3) is 0.550. The van der Waals surface area contributed by atoms with Crippen molar-refractivity contribution in [3.05, 3.63) is 29.8 Å². The molecule has 1 aromatic carbocycles. The molecule has 0 aromatic heterocycles. The van der Waals surface area contributed by atoms with Crippen molar-refractivity contribution in [2.45, 2.75) is 31.2 Å². The lowest BCUT2D eigenvalue weighted by Crippen LogP contribution is -2.40. The molecule has 1 aromatic rings. The van der Waals surface area contributed by atoms with Crippen molar-refractivity contribution >= 4 is 39.5 Å². The minimum absolute atomic E-state index is 0.0408. The first kappa shape index (κ1) is 18.5. The molecule has 7 heteroatoms. The second-order valence-electron chi connectivity index (χ2n) is 8.02. The third-order valence-corrected chi connectivity index (χ3v) is 6.96. The molecule has 1 heterocycles. The van der Waals surface area contributed by atoms with Crippen LogP contribution in [0.25, 0.3) is 0 Å². The normalized spacial score (nSPS) is 33.3. The van der Waals surface area contributed by atoms with E-state index in [9.17, 15) is 14.4 Å². The van der Waals surface area contributed by atoms with Gasteiger partial charge in [-0.25, -0.2) is 4.79 Å². The van der Waals surface area contributed by atoms with Crippen LogP contribution in [0.5, 0.6) is 0 Å². The number of amides is 1. The zero-order valence-corrected chi connectivity index (χ0v) is 16.8. The topological polar surface area (TPSA) is 81.7 Å². The summed E-state index contributed by atoms with van der Waals surface area (Å²) >= 11 is 3.61. The smallest absolute Gasteiger partial charge is 0.338 e. The number of carbonyl (C=O) groups excluding carboxylic acids is 3. The van der Waals surface area contributed by atoms with E-state index in [1.165, 1.54) is 0 Å². The molecule has 6 atom stereocenters. The number of hydrogen-bond donors (Lipinski definition) is 1. The van der Waals surface area contributed by atoms with Gasteiger partial charge in [0.2, 0.25) is 5.91 Å². The van der Waals surface area contributed by atoms with Gasteiger partial charge in [-0.15, -0.1) is 0 Å². The van der Waals surface area contributed by atoms with Gasteiger partial charge in [0, 0.05) is 11.6 Å². The number of nitrogens with one attached hydrogen (secondary N) is 1. The Morgan fingerprint density at radius 3 is 2.63 bits per heavy atom. The molecule has 0 spiro atoms. The summed E-state index contributed by atoms with van der Waals surface area (Å²) in [5, 5.41) is 2.89. The largest absolute Gasteiger partial charge is 0.462 e. The van der Waals surface area contributed by atoms with E-state index in [2.05, 4.69) is 21.2 Å². The summed E-state index contributed by atoms with van der Waals surface area (Å²) in [6.07, 6.45) is 0.753. The van der Waals surface area contributed by atoms with Gasteiger partial charge in [0.25, 0.3) is 0 Å². The zero-order chi connectivity index (χ0) is 19.3. The molecular formula is C20H22BrNO5. The molecule has 4 rings (SSSR count). The molecule has 2 aliphatic carbocycles. The van der Waals surface area contributed by atoms with Gasteiger partial charge in [-0.3, -0.25) is 9.59 Å². The van der Waals surface area contributed by atoms with Crippen LogP contribution >= 0.6 is 15.9 Å². The van der Waals surface area contributed by atoms with Gasteiger partial charge in [0.05, 0.1) is 28.8 Å². The Hall–Kier alpha value is -1.89. The summed E-state index contributed by atoms with van der Waals surface area (Å²) < 4.78 is 10.6. The van der Waals surface area contributed by atoms with Gasteiger partial charge in [-0.2, -0.15) is 0 Å². The molecule has 144 valence electrons. The number of halogens is 1. The van der Waals surface area contributed by atoms with Crippen molar-refractivity contribution in [3.8, 4) is 0 Å². The Labute approximate surface area is 166 Å². The highest BCUT2D eigenvalue weighted by Crippen LogP contribution is 2.60. The number of esters is 2. The molecule has 3 fully saturated rings. The molecule has 27 heavy (non-hydrogen) atoms. The first-order chi connectivity index (χ1) is 12.9. The van der Waals surface area contributed by atoms with Crippen LogP contribution in [-0.2, 0) is 19.1 Å². The molecule has 1 aliphatic heterocycles. The van der Waals surface area contributed by atoms with E-state index in [0.717, 1.165) is 6.42 Å². The molecule has 1 saturated heterocycles. The summed E-state index contributed by atoms with van der Waals surface area (Å²) in [6, 6.07) is 6.62. The van der Waals surface area contributed by atoms with Crippen molar-refractivity contribution in [2.75, 3.05) is 11.9 Å². The predicted octanol–water partition coefficient (Wildman–Crippen LogP) is 3.01. The Kier molecular flexibility index (Phi) is 4.74. The molecule has 0 radical (unpaired) electrons. The van der Waals surface area contributed by atoms with E-state index in [4.69, 9.17) is 9.47 Å². The zero-order valence-electron chi connectivity index (χ0n) is 15.2. The second kappa shape index (κ2) is 6.93. The maximum absolute atomic E-state index is 12.8. The highest BCUT2D eigenvalue weighted by atomic mass is 79.9. The van der Waals surface area contributed by atoms with Crippen molar-refractivity contribution in [3.63, 3.8) is 0 Å². The number of rotatable bonds is 5. The second-order valence-corrected chi connectivity index (χ2v) is 9.08. The van der Waals surface area contributed by atoms with Crippen LogP contribution < -0.4 is 5.32 Å². The fourth-order valence-electron chi connectivity index (χ4n) is 4.57. The third-order valence-electron chi connectivity index (χ3n) is 5.76. The molecule has 2 bridgehead atoms. The van der Waals surface area contributed by atoms with E-state index in [-0.39, 0.29) is 58.4 Å². The van der Waals surface area contributed by atoms with Crippen LogP contribution in [0.1, 0.15) is 30.6 Å². The van der Waals surface area contributed by atoms with E-state index >= 15 is 0 Å². The molecular weight excluding hydrogens is 414 g/mol. The number of hydrogen-bond acceptors (Lipinski definition) is 5. The average molecular weight is 436 g/mol. The van der Waals surface area contributed by atoms with Crippen molar-refractivity contribution in [1.82, 2.24) is 0 Å². The van der Waals surface area contributed by atoms with Gasteiger partial charge in [0.1, 0.15) is 6.10 Å². The van der Waals surface area contributed by atoms with E-state index < -0.39 is 0 Å². The van der Waals surface area contributed by atoms with E-state index in [0.29, 0.717) is 17.9 Å². The lowest BCUT2D eigenvalue weighted by Gasteiger charge is -2.27. The number of carbonyl (C=O) groups is 3. The number of alkyl halides is 1. The van der Waals surface area contributed by atoms with Gasteiger partial charge < -0.3 is 14.8 Å². The summed E-state index contributed by atoms with van der Waals surface area (Å²) in [7, 11) is 0. The molecule has 6 unspecified atom stereocenters. The van der Waals surface area contributed by atoms with Crippen molar-refractivity contribution < 1.29 is 23.9 Å². The average Bonchev–Trinajstić information content (AvgIpc) is 3.24. The number of benzene rings is 1. The maximum atomic E-state index is 12.8. The molecule has 1 amide bonds. The SMILES string of the molecule is CC(C)COC(=O)c1ccc(NC(=O)C2C3CC4C(OC(=O)C42)C3Br)cc1. The first-order valence-corrected chi connectivity index (χ1v) is 10.2. The molecule has 3 aliphatic rings. The highest BCUT2D eigenvalue weighted by Gasteiger charge is 2.67. The molecule has 6 nitrogen and oxygen atoms in total. The first-order valence-electron chi connectivity index (χ1n) is 9.29. The van der Waals surface area contributed by atoms with Gasteiger partial charge in [0.15, 0.2) is 0 Å². The monoisotopic (exact) mass is 435 g/mol. The van der Waals surface area contributed by atoms with Crippen molar-refractivity contribution in [2.24, 2.45) is 29.6 Å². The van der Waals surface area contributed by atoms with Gasteiger partial charge >= 0.3 is 11.9 Å². The van der Waals surface area contributed by atoms with Crippen LogP contribution in [0.15, 0.2) is 24.3 Å². The van der Waals surface area contributed by atoms with Crippen LogP contribution in [0.2, 0.25) is 0 Å². The summed E-state index contributed by atoms with van der Waals surface area (Å²) in [4.78, 5) is 37.0. The van der Waals surface area contributed by atoms with Crippen LogP contribution in [0.3, 0.4) is 0 Å². The summed E-state index contributed by atoms with van der Waals surface area (Å²) in [5.74, 6) is -0.976. The fourth-order valence-corrected chi connectivity index (χ4v) is 5.62.